The van der Waals surface area contributed by atoms with Crippen LogP contribution in [0.15, 0.2) is 35.3 Å². The maximum absolute atomic E-state index is 14.9. The topological polar surface area (TPSA) is 34.1 Å². The van der Waals surface area contributed by atoms with Gasteiger partial charge in [-0.2, -0.15) is 0 Å². The molecule has 150 valence electrons. The monoisotopic (exact) mass is 388 g/mol. The highest BCUT2D eigenvalue weighted by Gasteiger charge is 2.44. The third kappa shape index (κ3) is 4.08. The van der Waals surface area contributed by atoms with Crippen molar-refractivity contribution >= 4 is 12.0 Å². The van der Waals surface area contributed by atoms with E-state index in [-0.39, 0.29) is 31.5 Å². The minimum Gasteiger partial charge on any atom is -0.375 e. The fourth-order valence-electron chi connectivity index (χ4n) is 3.03. The van der Waals surface area contributed by atoms with Gasteiger partial charge in [0, 0.05) is 25.2 Å². The number of nitrogens with zero attached hydrogens (tertiary/aromatic N) is 2. The molecule has 6 heteroatoms. The molecule has 0 spiro atoms. The van der Waals surface area contributed by atoms with Gasteiger partial charge in [-0.3, -0.25) is 0 Å². The first kappa shape index (κ1) is 20.4. The first-order valence-electron chi connectivity index (χ1n) is 9.37. The van der Waals surface area contributed by atoms with Crippen molar-refractivity contribution in [3.63, 3.8) is 0 Å². The van der Waals surface area contributed by atoms with Gasteiger partial charge in [-0.25, -0.2) is 13.8 Å². The smallest absolute Gasteiger partial charge is 0.143 e. The van der Waals surface area contributed by atoms with Crippen molar-refractivity contribution < 1.29 is 18.3 Å². The lowest BCUT2D eigenvalue weighted by atomic mass is 9.89. The van der Waals surface area contributed by atoms with Gasteiger partial charge < -0.3 is 14.4 Å². The molecule has 0 aromatic heterocycles. The number of halogens is 2. The summed E-state index contributed by atoms with van der Waals surface area (Å²) in [5.41, 5.74) is 2.31. The second kappa shape index (κ2) is 8.37. The number of hydrogen-bond donors (Lipinski definition) is 0. The summed E-state index contributed by atoms with van der Waals surface area (Å²) in [5.74, 6) is -0.655. The zero-order chi connectivity index (χ0) is 20.3. The van der Waals surface area contributed by atoms with Crippen LogP contribution in [0.25, 0.3) is 0 Å². The van der Waals surface area contributed by atoms with E-state index in [0.717, 1.165) is 17.7 Å². The molecule has 1 fully saturated rings. The maximum Gasteiger partial charge on any atom is 0.143 e. The summed E-state index contributed by atoms with van der Waals surface area (Å²) < 4.78 is 40.2. The summed E-state index contributed by atoms with van der Waals surface area (Å²) >= 11 is 0. The highest BCUT2D eigenvalue weighted by Crippen LogP contribution is 2.38. The molecule has 0 amide bonds. The number of benzene rings is 2. The Labute approximate surface area is 164 Å². The molecule has 0 radical (unpaired) electrons. The van der Waals surface area contributed by atoms with Crippen LogP contribution in [0.4, 0.5) is 14.5 Å². The number of hydrogen-bond acceptors (Lipinski definition) is 3. The molecule has 1 aliphatic heterocycles. The normalized spacial score (nSPS) is 15.6. The summed E-state index contributed by atoms with van der Waals surface area (Å²) in [4.78, 5) is 6.28. The molecule has 1 aliphatic rings. The molecule has 0 unspecified atom stereocenters. The molecule has 0 atom stereocenters. The first-order chi connectivity index (χ1) is 13.4. The molecule has 4 nitrogen and oxygen atoms in total. The zero-order valence-corrected chi connectivity index (χ0v) is 16.8. The molecule has 3 rings (SSSR count). The highest BCUT2D eigenvalue weighted by molar-refractivity contribution is 5.63. The highest BCUT2D eigenvalue weighted by atomic mass is 19.1. The van der Waals surface area contributed by atoms with E-state index in [1.807, 2.05) is 31.9 Å². The van der Waals surface area contributed by atoms with Crippen LogP contribution in [-0.4, -0.2) is 38.0 Å². The van der Waals surface area contributed by atoms with Crippen LogP contribution in [0.3, 0.4) is 0 Å². The number of rotatable bonds is 7. The van der Waals surface area contributed by atoms with Crippen LogP contribution in [0.1, 0.15) is 29.2 Å². The number of aliphatic imine (C=N–C) groups is 1. The van der Waals surface area contributed by atoms with Gasteiger partial charge in [0.2, 0.25) is 0 Å². The van der Waals surface area contributed by atoms with Gasteiger partial charge in [0.25, 0.3) is 0 Å². The van der Waals surface area contributed by atoms with E-state index in [1.165, 1.54) is 12.1 Å². The lowest BCUT2D eigenvalue weighted by molar-refractivity contribution is -0.224. The summed E-state index contributed by atoms with van der Waals surface area (Å²) in [6.45, 7) is 7.15. The van der Waals surface area contributed by atoms with Crippen molar-refractivity contribution in [2.75, 3.05) is 26.8 Å². The third-order valence-corrected chi connectivity index (χ3v) is 5.22. The average molecular weight is 388 g/mol. The van der Waals surface area contributed by atoms with Crippen molar-refractivity contribution in [2.24, 2.45) is 4.99 Å². The molecule has 28 heavy (non-hydrogen) atoms. The third-order valence-electron chi connectivity index (χ3n) is 5.22. The summed E-state index contributed by atoms with van der Waals surface area (Å²) in [7, 11) is 1.91. The van der Waals surface area contributed by atoms with Gasteiger partial charge in [0.1, 0.15) is 17.2 Å². The molecule has 0 bridgehead atoms. The summed E-state index contributed by atoms with van der Waals surface area (Å²) in [5, 5.41) is 0. The van der Waals surface area contributed by atoms with E-state index in [2.05, 4.69) is 4.99 Å². The van der Waals surface area contributed by atoms with Gasteiger partial charge in [-0.1, -0.05) is 12.1 Å². The Kier molecular flexibility index (Phi) is 6.10. The van der Waals surface area contributed by atoms with Crippen LogP contribution in [0.2, 0.25) is 0 Å². The van der Waals surface area contributed by atoms with E-state index >= 15 is 0 Å². The molecule has 2 aromatic carbocycles. The van der Waals surface area contributed by atoms with E-state index in [9.17, 15) is 8.78 Å². The van der Waals surface area contributed by atoms with Gasteiger partial charge in [0.05, 0.1) is 31.8 Å². The predicted octanol–water partition coefficient (Wildman–Crippen LogP) is 4.64. The first-order valence-corrected chi connectivity index (χ1v) is 9.37. The van der Waals surface area contributed by atoms with Gasteiger partial charge in [-0.05, 0) is 49.6 Å². The second-order valence-corrected chi connectivity index (χ2v) is 7.24. The molecule has 1 saturated heterocycles. The Hall–Kier alpha value is -2.31. The minimum absolute atomic E-state index is 0.187. The Morgan fingerprint density at radius 3 is 2.61 bits per heavy atom. The van der Waals surface area contributed by atoms with E-state index in [4.69, 9.17) is 9.47 Å². The minimum atomic E-state index is -0.865. The Bertz CT molecular complexity index is 879. The summed E-state index contributed by atoms with van der Waals surface area (Å²) in [6.07, 6.45) is 1.69. The van der Waals surface area contributed by atoms with Crippen molar-refractivity contribution in [1.82, 2.24) is 4.90 Å². The second-order valence-electron chi connectivity index (χ2n) is 7.24. The van der Waals surface area contributed by atoms with Crippen LogP contribution in [0.5, 0.6) is 0 Å². The zero-order valence-electron chi connectivity index (χ0n) is 16.8. The average Bonchev–Trinajstić information content (AvgIpc) is 2.64. The van der Waals surface area contributed by atoms with E-state index in [1.54, 1.807) is 25.4 Å². The summed E-state index contributed by atoms with van der Waals surface area (Å²) in [6, 6.07) is 8.08. The van der Waals surface area contributed by atoms with Gasteiger partial charge in [-0.15, -0.1) is 0 Å². The molecule has 1 heterocycles. The Morgan fingerprint density at radius 2 is 1.96 bits per heavy atom. The lowest BCUT2D eigenvalue weighted by Gasteiger charge is -2.42. The standard InChI is InChI=1S/C22H26F2N2O2/c1-5-26(4)14-25-21-10-20(24)18(9-15(21)2)22(12-27-13-22)28-11-17-7-6-8-19(23)16(17)3/h6-10,14H,5,11-13H2,1-4H3. The molecule has 2 aromatic rings. The van der Waals surface area contributed by atoms with Crippen LogP contribution >= 0.6 is 0 Å². The van der Waals surface area contributed by atoms with Crippen molar-refractivity contribution in [3.8, 4) is 0 Å². The van der Waals surface area contributed by atoms with Gasteiger partial charge in [0.15, 0.2) is 0 Å². The fraction of sp³-hybridized carbons (Fsp3) is 0.409. The fourth-order valence-corrected chi connectivity index (χ4v) is 3.03. The maximum atomic E-state index is 14.9. The van der Waals surface area contributed by atoms with E-state index < -0.39 is 5.60 Å². The number of aryl methyl sites for hydroxylation is 1. The molecule has 0 N–H and O–H groups in total. The quantitative estimate of drug-likeness (QED) is 0.512. The molecular weight excluding hydrogens is 362 g/mol. The lowest BCUT2D eigenvalue weighted by Crippen LogP contribution is -2.49. The van der Waals surface area contributed by atoms with Crippen molar-refractivity contribution in [2.45, 2.75) is 33.0 Å². The van der Waals surface area contributed by atoms with Crippen molar-refractivity contribution in [3.05, 3.63) is 64.2 Å². The Morgan fingerprint density at radius 1 is 1.21 bits per heavy atom. The van der Waals surface area contributed by atoms with Crippen LogP contribution in [-0.2, 0) is 21.7 Å². The Balaban J connectivity index is 1.84. The van der Waals surface area contributed by atoms with Crippen LogP contribution in [0, 0.1) is 25.5 Å². The number of ether oxygens (including phenoxy) is 2. The van der Waals surface area contributed by atoms with Crippen LogP contribution < -0.4 is 0 Å². The SMILES string of the molecule is CCN(C)C=Nc1cc(F)c(C2(OCc3cccc(F)c3C)COC2)cc1C. The molecule has 0 saturated carbocycles. The van der Waals surface area contributed by atoms with Gasteiger partial charge >= 0.3 is 0 Å². The molecular formula is C22H26F2N2O2. The molecule has 0 aliphatic carbocycles. The van der Waals surface area contributed by atoms with E-state index in [0.29, 0.717) is 16.8 Å². The van der Waals surface area contributed by atoms with Crippen molar-refractivity contribution in [1.29, 1.82) is 0 Å². The predicted molar refractivity (Wildman–Crippen MR) is 106 cm³/mol. The largest absolute Gasteiger partial charge is 0.375 e.